The minimum atomic E-state index is -0.990. The average Bonchev–Trinajstić information content (AvgIpc) is 3.46. The molecule has 1 fully saturated rings. The van der Waals surface area contributed by atoms with Gasteiger partial charge < -0.3 is 31.1 Å². The van der Waals surface area contributed by atoms with Gasteiger partial charge in [0.15, 0.2) is 0 Å². The molecule has 1 aliphatic heterocycles. The van der Waals surface area contributed by atoms with Crippen LogP contribution in [0.4, 0.5) is 4.79 Å². The van der Waals surface area contributed by atoms with Gasteiger partial charge in [-0.3, -0.25) is 19.3 Å². The van der Waals surface area contributed by atoms with Gasteiger partial charge in [-0.05, 0) is 70.5 Å². The van der Waals surface area contributed by atoms with Crippen molar-refractivity contribution in [3.63, 3.8) is 0 Å². The van der Waals surface area contributed by atoms with E-state index < -0.39 is 42.1 Å². The van der Waals surface area contributed by atoms with Gasteiger partial charge in [0.25, 0.3) is 0 Å². The number of likely N-dealkylation sites (tertiary alicyclic amines) is 1. The Balaban J connectivity index is 1.65. The number of carbonyl (C=O) groups excluding carboxylic acids is 4. The van der Waals surface area contributed by atoms with Crippen LogP contribution in [0.3, 0.4) is 0 Å². The smallest absolute Gasteiger partial charge is 0.408 e. The maximum atomic E-state index is 13.7. The largest absolute Gasteiger partial charge is 0.445 e. The van der Waals surface area contributed by atoms with Crippen LogP contribution in [-0.4, -0.2) is 82.7 Å². The number of aliphatic hydroxyl groups is 1. The fourth-order valence-electron chi connectivity index (χ4n) is 5.41. The number of ether oxygens (including phenoxy) is 1. The number of nitrogens with one attached hydrogen (secondary N) is 4. The Morgan fingerprint density at radius 2 is 1.50 bits per heavy atom. The number of hydrogen-bond acceptors (Lipinski definition) is 7. The standard InChI is InChI=1S/C35H51N5O6/c1-23(2)30(38-31(42)24(3)36-34(45)46-22-26-16-11-8-12-17-26)33(44)37-27(20-25-14-9-7-10-15-25)29(41)21-40-19-13-18-28(40)32(43)39-35(4,5)6/h7-12,14-17,23-24,27-30,41H,13,18-22H2,1-6H3,(H,36,45)(H,37,44)(H,38,42)(H,39,43)/t24-,27-,28-,29+,30-/m0/s1. The van der Waals surface area contributed by atoms with Crippen LogP contribution in [0.1, 0.15) is 65.5 Å². The molecule has 5 N–H and O–H groups in total. The summed E-state index contributed by atoms with van der Waals surface area (Å²) in [5.74, 6) is -1.36. The van der Waals surface area contributed by atoms with Gasteiger partial charge in [0.2, 0.25) is 17.7 Å². The monoisotopic (exact) mass is 637 g/mol. The maximum absolute atomic E-state index is 13.7. The van der Waals surface area contributed by atoms with Crippen molar-refractivity contribution in [2.75, 3.05) is 13.1 Å². The van der Waals surface area contributed by atoms with Crippen LogP contribution in [0.25, 0.3) is 0 Å². The highest BCUT2D eigenvalue weighted by Crippen LogP contribution is 2.20. The first-order valence-corrected chi connectivity index (χ1v) is 16.1. The summed E-state index contributed by atoms with van der Waals surface area (Å²) in [4.78, 5) is 54.0. The first kappa shape index (κ1) is 36.5. The number of benzene rings is 2. The summed E-state index contributed by atoms with van der Waals surface area (Å²) in [7, 11) is 0. The van der Waals surface area contributed by atoms with Crippen LogP contribution in [0.15, 0.2) is 60.7 Å². The highest BCUT2D eigenvalue weighted by molar-refractivity contribution is 5.91. The zero-order valence-corrected chi connectivity index (χ0v) is 27.9. The fraction of sp³-hybridized carbons (Fsp3) is 0.543. The van der Waals surface area contributed by atoms with Crippen LogP contribution in [0.5, 0.6) is 0 Å². The number of nitrogens with zero attached hydrogens (tertiary/aromatic N) is 1. The van der Waals surface area contributed by atoms with Gasteiger partial charge in [0.05, 0.1) is 18.2 Å². The Morgan fingerprint density at radius 1 is 0.891 bits per heavy atom. The average molecular weight is 638 g/mol. The van der Waals surface area contributed by atoms with E-state index in [-0.39, 0.29) is 36.6 Å². The van der Waals surface area contributed by atoms with Gasteiger partial charge in [0.1, 0.15) is 18.7 Å². The number of carbonyl (C=O) groups is 4. The van der Waals surface area contributed by atoms with Gasteiger partial charge in [-0.2, -0.15) is 0 Å². The SMILES string of the molecule is CC(C)[C@H](NC(=O)[C@H](C)NC(=O)OCc1ccccc1)C(=O)N[C@@H](Cc1ccccc1)[C@H](O)CN1CCC[C@H]1C(=O)NC(C)(C)C. The molecule has 2 aromatic rings. The van der Waals surface area contributed by atoms with Gasteiger partial charge in [-0.1, -0.05) is 74.5 Å². The minimum absolute atomic E-state index is 0.0581. The second-order valence-corrected chi connectivity index (χ2v) is 13.4. The van der Waals surface area contributed by atoms with Gasteiger partial charge in [-0.15, -0.1) is 0 Å². The van der Waals surface area contributed by atoms with E-state index in [0.29, 0.717) is 19.4 Å². The quantitative estimate of drug-likeness (QED) is 0.214. The second-order valence-electron chi connectivity index (χ2n) is 13.4. The van der Waals surface area contributed by atoms with Crippen molar-refractivity contribution in [1.29, 1.82) is 0 Å². The van der Waals surface area contributed by atoms with Crippen LogP contribution in [-0.2, 0) is 32.1 Å². The molecule has 0 bridgehead atoms. The molecule has 5 atom stereocenters. The lowest BCUT2D eigenvalue weighted by atomic mass is 9.98. The molecule has 46 heavy (non-hydrogen) atoms. The molecule has 1 heterocycles. The molecule has 0 aromatic heterocycles. The van der Waals surface area contributed by atoms with Crippen molar-refractivity contribution in [2.45, 2.75) is 103 Å². The van der Waals surface area contributed by atoms with Crippen LogP contribution in [0.2, 0.25) is 0 Å². The second kappa shape index (κ2) is 17.1. The Labute approximate surface area is 272 Å². The van der Waals surface area contributed by atoms with E-state index in [1.807, 2.05) is 100 Å². The highest BCUT2D eigenvalue weighted by Gasteiger charge is 2.36. The molecule has 3 rings (SSSR count). The van der Waals surface area contributed by atoms with E-state index in [2.05, 4.69) is 21.3 Å². The summed E-state index contributed by atoms with van der Waals surface area (Å²) in [6, 6.07) is 15.8. The van der Waals surface area contributed by atoms with Crippen molar-refractivity contribution < 1.29 is 29.0 Å². The Hall–Kier alpha value is -3.96. The summed E-state index contributed by atoms with van der Waals surface area (Å²) in [6.07, 6.45) is 0.135. The molecular formula is C35H51N5O6. The molecule has 4 amide bonds. The normalized spacial score (nSPS) is 17.8. The molecule has 2 aromatic carbocycles. The summed E-state index contributed by atoms with van der Waals surface area (Å²) < 4.78 is 5.22. The molecule has 1 saturated heterocycles. The number of β-amino-alcohol motifs (C(OH)–C–C–N with tert-alkyl or cyclic N) is 1. The first-order chi connectivity index (χ1) is 21.7. The Morgan fingerprint density at radius 3 is 2.09 bits per heavy atom. The molecule has 0 aliphatic carbocycles. The van der Waals surface area contributed by atoms with Gasteiger partial charge in [-0.25, -0.2) is 4.79 Å². The van der Waals surface area contributed by atoms with Crippen LogP contribution < -0.4 is 21.3 Å². The fourth-order valence-corrected chi connectivity index (χ4v) is 5.41. The lowest BCUT2D eigenvalue weighted by Crippen LogP contribution is -2.59. The molecule has 11 heteroatoms. The van der Waals surface area contributed by atoms with E-state index in [1.165, 1.54) is 6.92 Å². The summed E-state index contributed by atoms with van der Waals surface area (Å²) in [6.45, 7) is 11.8. The third kappa shape index (κ3) is 11.8. The number of hydrogen-bond donors (Lipinski definition) is 5. The third-order valence-corrected chi connectivity index (χ3v) is 7.86. The maximum Gasteiger partial charge on any atom is 0.408 e. The lowest BCUT2D eigenvalue weighted by molar-refractivity contribution is -0.132. The molecule has 252 valence electrons. The van der Waals surface area contributed by atoms with E-state index in [9.17, 15) is 24.3 Å². The van der Waals surface area contributed by atoms with Crippen LogP contribution >= 0.6 is 0 Å². The molecule has 0 unspecified atom stereocenters. The first-order valence-electron chi connectivity index (χ1n) is 16.1. The molecule has 0 saturated carbocycles. The summed E-state index contributed by atoms with van der Waals surface area (Å²) in [5, 5.41) is 22.8. The Kier molecular flexibility index (Phi) is 13.6. The van der Waals surface area contributed by atoms with Gasteiger partial charge in [0, 0.05) is 12.1 Å². The highest BCUT2D eigenvalue weighted by atomic mass is 16.5. The van der Waals surface area contributed by atoms with E-state index in [4.69, 9.17) is 4.74 Å². The van der Waals surface area contributed by atoms with E-state index in [0.717, 1.165) is 17.5 Å². The van der Waals surface area contributed by atoms with Crippen molar-refractivity contribution in [3.05, 3.63) is 71.8 Å². The van der Waals surface area contributed by atoms with Crippen molar-refractivity contribution in [2.24, 2.45) is 5.92 Å². The zero-order valence-electron chi connectivity index (χ0n) is 27.9. The van der Waals surface area contributed by atoms with Gasteiger partial charge >= 0.3 is 6.09 Å². The van der Waals surface area contributed by atoms with Crippen LogP contribution in [0, 0.1) is 5.92 Å². The van der Waals surface area contributed by atoms with E-state index >= 15 is 0 Å². The zero-order chi connectivity index (χ0) is 33.9. The molecule has 1 aliphatic rings. The third-order valence-electron chi connectivity index (χ3n) is 7.86. The lowest BCUT2D eigenvalue weighted by Gasteiger charge is -2.33. The summed E-state index contributed by atoms with van der Waals surface area (Å²) >= 11 is 0. The Bertz CT molecular complexity index is 1280. The van der Waals surface area contributed by atoms with Crippen molar-refractivity contribution >= 4 is 23.8 Å². The van der Waals surface area contributed by atoms with E-state index in [1.54, 1.807) is 0 Å². The number of alkyl carbamates (subject to hydrolysis) is 1. The minimum Gasteiger partial charge on any atom is -0.445 e. The molecule has 11 nitrogen and oxygen atoms in total. The number of aliphatic hydroxyl groups excluding tert-OH is 1. The molecular weight excluding hydrogens is 586 g/mol. The summed E-state index contributed by atoms with van der Waals surface area (Å²) in [5.41, 5.74) is 1.36. The topological polar surface area (TPSA) is 149 Å². The van der Waals surface area contributed by atoms with Crippen molar-refractivity contribution in [3.8, 4) is 0 Å². The molecule has 0 spiro atoms. The predicted octanol–water partition coefficient (Wildman–Crippen LogP) is 2.91. The molecule has 0 radical (unpaired) electrons. The predicted molar refractivity (Wildman–Crippen MR) is 177 cm³/mol. The number of amides is 4. The van der Waals surface area contributed by atoms with Crippen molar-refractivity contribution in [1.82, 2.24) is 26.2 Å². The number of rotatable bonds is 14.